The third-order valence-electron chi connectivity index (χ3n) is 3.72. The predicted molar refractivity (Wildman–Crippen MR) is 102 cm³/mol. The first-order valence-electron chi connectivity index (χ1n) is 8.24. The first-order chi connectivity index (χ1) is 12.5. The molecule has 2 aromatic carbocycles. The summed E-state index contributed by atoms with van der Waals surface area (Å²) in [6, 6.07) is 6.59. The van der Waals surface area contributed by atoms with Gasteiger partial charge in [-0.25, -0.2) is 13.6 Å². The van der Waals surface area contributed by atoms with Gasteiger partial charge in [-0.1, -0.05) is 12.1 Å². The van der Waals surface area contributed by atoms with Crippen LogP contribution in [0.15, 0.2) is 29.2 Å². The van der Waals surface area contributed by atoms with Crippen molar-refractivity contribution in [3.05, 3.63) is 58.2 Å². The highest BCUT2D eigenvalue weighted by atomic mass is 32.2. The molecule has 0 aliphatic carbocycles. The monoisotopic (exact) mass is 393 g/mol. The van der Waals surface area contributed by atoms with E-state index in [-0.39, 0.29) is 22.4 Å². The van der Waals surface area contributed by atoms with Gasteiger partial charge in [0.15, 0.2) is 11.6 Å². The molecule has 0 saturated carbocycles. The summed E-state index contributed by atoms with van der Waals surface area (Å²) in [6.45, 7) is 7.86. The maximum atomic E-state index is 14.8. The van der Waals surface area contributed by atoms with Gasteiger partial charge in [0.05, 0.1) is 5.56 Å². The van der Waals surface area contributed by atoms with Crippen molar-refractivity contribution in [3.63, 3.8) is 0 Å². The van der Waals surface area contributed by atoms with E-state index >= 15 is 0 Å². The molecule has 4 nitrogen and oxygen atoms in total. The molecule has 7 heteroatoms. The summed E-state index contributed by atoms with van der Waals surface area (Å²) >= 11 is 0.968. The Hall–Kier alpha value is -2.41. The Bertz CT molecular complexity index is 863. The lowest BCUT2D eigenvalue weighted by atomic mass is 10.00. The number of nitrogens with one attached hydrogen (secondary N) is 1. The molecule has 0 unspecified atom stereocenters. The summed E-state index contributed by atoms with van der Waals surface area (Å²) < 4.78 is 37.4. The smallest absolute Gasteiger partial charge is 0.339 e. The lowest BCUT2D eigenvalue weighted by Gasteiger charge is -2.22. The van der Waals surface area contributed by atoms with Crippen molar-refractivity contribution in [1.29, 1.82) is 0 Å². The number of carbonyl (C=O) groups excluding carboxylic acids is 2. The van der Waals surface area contributed by atoms with Crippen LogP contribution in [0, 0.1) is 25.5 Å². The van der Waals surface area contributed by atoms with Crippen molar-refractivity contribution in [2.45, 2.75) is 45.1 Å². The van der Waals surface area contributed by atoms with E-state index < -0.39 is 23.2 Å². The molecule has 0 atom stereocenters. The Morgan fingerprint density at radius 3 is 2.26 bits per heavy atom. The molecule has 0 spiro atoms. The van der Waals surface area contributed by atoms with Crippen LogP contribution in [-0.2, 0) is 4.74 Å². The van der Waals surface area contributed by atoms with Crippen molar-refractivity contribution < 1.29 is 23.1 Å². The second-order valence-electron chi connectivity index (χ2n) is 7.02. The van der Waals surface area contributed by atoms with Gasteiger partial charge in [0.2, 0.25) is 0 Å². The van der Waals surface area contributed by atoms with Crippen LogP contribution in [0.3, 0.4) is 0 Å². The molecule has 0 fully saturated rings. The highest BCUT2D eigenvalue weighted by Crippen LogP contribution is 2.33. The molecule has 2 rings (SSSR count). The molecule has 144 valence electrons. The number of hydrogen-bond acceptors (Lipinski definition) is 5. The average Bonchev–Trinajstić information content (AvgIpc) is 2.59. The molecule has 0 amide bonds. The quantitative estimate of drug-likeness (QED) is 0.415. The zero-order chi connectivity index (χ0) is 20.4. The minimum atomic E-state index is -0.863. The zero-order valence-corrected chi connectivity index (χ0v) is 16.6. The molecule has 0 radical (unpaired) electrons. The van der Waals surface area contributed by atoms with Gasteiger partial charge in [-0.15, -0.1) is 0 Å². The second-order valence-corrected chi connectivity index (χ2v) is 7.90. The molecular weight excluding hydrogens is 372 g/mol. The van der Waals surface area contributed by atoms with E-state index in [2.05, 4.69) is 4.72 Å². The molecule has 0 aliphatic heterocycles. The number of esters is 1. The fraction of sp³-hybridized carbons (Fsp3) is 0.300. The van der Waals surface area contributed by atoms with Crippen molar-refractivity contribution in [1.82, 2.24) is 0 Å². The molecule has 27 heavy (non-hydrogen) atoms. The van der Waals surface area contributed by atoms with Crippen LogP contribution < -0.4 is 4.72 Å². The first-order valence-corrected chi connectivity index (χ1v) is 9.06. The fourth-order valence-electron chi connectivity index (χ4n) is 2.46. The van der Waals surface area contributed by atoms with Crippen molar-refractivity contribution in [3.8, 4) is 0 Å². The normalized spacial score (nSPS) is 11.2. The Kier molecular flexibility index (Phi) is 6.26. The lowest BCUT2D eigenvalue weighted by Crippen LogP contribution is -2.25. The molecule has 2 aromatic rings. The minimum absolute atomic E-state index is 0.00731. The predicted octanol–water partition coefficient (Wildman–Crippen LogP) is 5.47. The van der Waals surface area contributed by atoms with Gasteiger partial charge in [0.25, 0.3) is 0 Å². The van der Waals surface area contributed by atoms with E-state index in [0.717, 1.165) is 11.9 Å². The molecule has 0 heterocycles. The molecule has 0 bridgehead atoms. The number of benzene rings is 2. The third kappa shape index (κ3) is 4.86. The van der Waals surface area contributed by atoms with Gasteiger partial charge in [0, 0.05) is 21.6 Å². The van der Waals surface area contributed by atoms with E-state index in [1.54, 1.807) is 45.0 Å². The molecule has 0 aliphatic rings. The highest BCUT2D eigenvalue weighted by Gasteiger charge is 2.27. The van der Waals surface area contributed by atoms with Gasteiger partial charge in [-0.2, -0.15) is 0 Å². The van der Waals surface area contributed by atoms with Gasteiger partial charge >= 0.3 is 5.97 Å². The lowest BCUT2D eigenvalue weighted by molar-refractivity contribution is 0.00667. The minimum Gasteiger partial charge on any atom is -0.456 e. The fourth-order valence-corrected chi connectivity index (χ4v) is 3.20. The van der Waals surface area contributed by atoms with Crippen LogP contribution in [0.4, 0.5) is 14.5 Å². The van der Waals surface area contributed by atoms with Crippen molar-refractivity contribution in [2.24, 2.45) is 0 Å². The van der Waals surface area contributed by atoms with Gasteiger partial charge < -0.3 is 9.46 Å². The largest absolute Gasteiger partial charge is 0.456 e. The number of rotatable bonds is 5. The number of halogens is 2. The van der Waals surface area contributed by atoms with E-state index in [4.69, 9.17) is 4.74 Å². The zero-order valence-electron chi connectivity index (χ0n) is 15.8. The topological polar surface area (TPSA) is 55.4 Å². The maximum absolute atomic E-state index is 14.8. The number of carbonyl (C=O) groups is 2. The molecule has 0 aromatic heterocycles. The van der Waals surface area contributed by atoms with E-state index in [1.807, 2.05) is 0 Å². The first kappa shape index (κ1) is 20.9. The number of hydrogen-bond donors (Lipinski definition) is 1. The van der Waals surface area contributed by atoms with E-state index in [1.165, 1.54) is 13.8 Å². The summed E-state index contributed by atoms with van der Waals surface area (Å²) in [5.41, 5.74) is -0.771. The van der Waals surface area contributed by atoms with Gasteiger partial charge in [-0.05, 0) is 58.7 Å². The third-order valence-corrected chi connectivity index (χ3v) is 4.51. The van der Waals surface area contributed by atoms with Crippen LogP contribution in [-0.4, -0.2) is 17.9 Å². The summed E-state index contributed by atoms with van der Waals surface area (Å²) in [4.78, 5) is 23.8. The summed E-state index contributed by atoms with van der Waals surface area (Å²) in [5.74, 6) is -2.50. The van der Waals surface area contributed by atoms with Crippen LogP contribution in [0.2, 0.25) is 0 Å². The number of aldehydes is 1. The molecular formula is C20H21F2NO3S. The van der Waals surface area contributed by atoms with Gasteiger partial charge in [0.1, 0.15) is 17.6 Å². The van der Waals surface area contributed by atoms with Gasteiger partial charge in [-0.3, -0.25) is 4.79 Å². The van der Waals surface area contributed by atoms with Crippen molar-refractivity contribution in [2.75, 3.05) is 4.72 Å². The Balaban J connectivity index is 2.36. The van der Waals surface area contributed by atoms with Crippen LogP contribution in [0.5, 0.6) is 0 Å². The van der Waals surface area contributed by atoms with E-state index in [9.17, 15) is 18.4 Å². The SMILES string of the molecule is Cc1c(F)c(NSc2cccc(C=O)c2)c(F)c(C)c1C(=O)OC(C)(C)C. The van der Waals surface area contributed by atoms with E-state index in [0.29, 0.717) is 16.7 Å². The highest BCUT2D eigenvalue weighted by molar-refractivity contribution is 8.00. The standard InChI is InChI=1S/C20H21F2NO3S/c1-11-15(19(25)26-20(3,4)5)12(2)17(22)18(16(11)21)23-27-14-8-6-7-13(9-14)10-24/h6-10,23H,1-5H3. The summed E-state index contributed by atoms with van der Waals surface area (Å²) in [7, 11) is 0. The summed E-state index contributed by atoms with van der Waals surface area (Å²) in [5, 5.41) is 0. The average molecular weight is 393 g/mol. The van der Waals surface area contributed by atoms with Crippen LogP contribution in [0.1, 0.15) is 52.6 Å². The Morgan fingerprint density at radius 1 is 1.15 bits per heavy atom. The number of ether oxygens (including phenoxy) is 1. The molecule has 1 N–H and O–H groups in total. The molecule has 0 saturated heterocycles. The van der Waals surface area contributed by atoms with Crippen LogP contribution >= 0.6 is 11.9 Å². The second kappa shape index (κ2) is 8.08. The van der Waals surface area contributed by atoms with Crippen molar-refractivity contribution >= 4 is 29.9 Å². The van der Waals surface area contributed by atoms with Crippen LogP contribution in [0.25, 0.3) is 0 Å². The Labute approximate surface area is 161 Å². The maximum Gasteiger partial charge on any atom is 0.339 e. The summed E-state index contributed by atoms with van der Waals surface area (Å²) in [6.07, 6.45) is 0.690. The Morgan fingerprint density at radius 2 is 1.74 bits per heavy atom. The number of anilines is 1.